The Morgan fingerprint density at radius 2 is 1.05 bits per heavy atom. The molecular formula is C20H27N. The molecule has 0 atom stereocenters. The smallest absolute Gasteiger partial charge is 0.0125 e. The van der Waals surface area contributed by atoms with Crippen molar-refractivity contribution in [1.29, 1.82) is 0 Å². The molecule has 1 nitrogen and oxygen atoms in total. The molecular weight excluding hydrogens is 254 g/mol. The summed E-state index contributed by atoms with van der Waals surface area (Å²) in [6, 6.07) is 21.6. The molecule has 21 heavy (non-hydrogen) atoms. The molecule has 112 valence electrons. The molecule has 2 rings (SSSR count). The molecule has 0 amide bonds. The third kappa shape index (κ3) is 5.35. The van der Waals surface area contributed by atoms with Crippen molar-refractivity contribution in [3.05, 3.63) is 71.8 Å². The lowest BCUT2D eigenvalue weighted by Gasteiger charge is -2.36. The summed E-state index contributed by atoms with van der Waals surface area (Å²) in [6.45, 7) is 9.15. The van der Waals surface area contributed by atoms with Gasteiger partial charge >= 0.3 is 0 Å². The van der Waals surface area contributed by atoms with Gasteiger partial charge in [0.25, 0.3) is 0 Å². The van der Waals surface area contributed by atoms with Crippen LogP contribution in [-0.2, 0) is 12.8 Å². The highest BCUT2D eigenvalue weighted by Gasteiger charge is 2.20. The zero-order valence-corrected chi connectivity index (χ0v) is 13.5. The van der Waals surface area contributed by atoms with Crippen LogP contribution in [0.25, 0.3) is 0 Å². The van der Waals surface area contributed by atoms with E-state index in [1.165, 1.54) is 11.1 Å². The van der Waals surface area contributed by atoms with Gasteiger partial charge in [0.2, 0.25) is 0 Å². The molecule has 1 heteroatoms. The largest absolute Gasteiger partial charge is 0.298 e. The van der Waals surface area contributed by atoms with E-state index < -0.39 is 0 Å². The van der Waals surface area contributed by atoms with Crippen molar-refractivity contribution in [2.45, 2.75) is 39.2 Å². The summed E-state index contributed by atoms with van der Waals surface area (Å²) in [4.78, 5) is 2.59. The molecule has 0 saturated carbocycles. The van der Waals surface area contributed by atoms with E-state index in [1.807, 2.05) is 0 Å². The van der Waals surface area contributed by atoms with Crippen LogP contribution in [-0.4, -0.2) is 23.5 Å². The molecule has 0 heterocycles. The Labute approximate surface area is 129 Å². The van der Waals surface area contributed by atoms with Crippen LogP contribution in [0.4, 0.5) is 0 Å². The maximum absolute atomic E-state index is 2.59. The fraction of sp³-hybridized carbons (Fsp3) is 0.400. The van der Waals surface area contributed by atoms with Crippen molar-refractivity contribution in [2.75, 3.05) is 13.1 Å². The van der Waals surface area contributed by atoms with E-state index in [1.54, 1.807) is 0 Å². The van der Waals surface area contributed by atoms with Gasteiger partial charge in [-0.3, -0.25) is 4.90 Å². The van der Waals surface area contributed by atoms with Crippen molar-refractivity contribution in [2.24, 2.45) is 0 Å². The quantitative estimate of drug-likeness (QED) is 0.749. The second-order valence-corrected chi connectivity index (χ2v) is 6.63. The van der Waals surface area contributed by atoms with Gasteiger partial charge < -0.3 is 0 Å². The molecule has 0 aliphatic carbocycles. The van der Waals surface area contributed by atoms with E-state index in [9.17, 15) is 0 Å². The number of hydrogen-bond acceptors (Lipinski definition) is 1. The monoisotopic (exact) mass is 281 g/mol. The number of hydrogen-bond donors (Lipinski definition) is 0. The average molecular weight is 281 g/mol. The molecule has 0 fully saturated rings. The first-order chi connectivity index (χ1) is 10.1. The van der Waals surface area contributed by atoms with Crippen LogP contribution >= 0.6 is 0 Å². The Morgan fingerprint density at radius 1 is 0.667 bits per heavy atom. The van der Waals surface area contributed by atoms with E-state index in [2.05, 4.69) is 86.3 Å². The van der Waals surface area contributed by atoms with E-state index >= 15 is 0 Å². The Morgan fingerprint density at radius 3 is 1.38 bits per heavy atom. The van der Waals surface area contributed by atoms with Crippen molar-refractivity contribution < 1.29 is 0 Å². The topological polar surface area (TPSA) is 3.24 Å². The first kappa shape index (κ1) is 15.8. The number of nitrogens with zero attached hydrogens (tertiary/aromatic N) is 1. The van der Waals surface area contributed by atoms with Crippen molar-refractivity contribution >= 4 is 0 Å². The summed E-state index contributed by atoms with van der Waals surface area (Å²) >= 11 is 0. The Balaban J connectivity index is 1.92. The fourth-order valence-corrected chi connectivity index (χ4v) is 2.60. The van der Waals surface area contributed by atoms with Crippen LogP contribution in [0.3, 0.4) is 0 Å². The minimum absolute atomic E-state index is 0.212. The number of benzene rings is 2. The summed E-state index contributed by atoms with van der Waals surface area (Å²) in [7, 11) is 0. The van der Waals surface area contributed by atoms with E-state index in [-0.39, 0.29) is 5.54 Å². The Hall–Kier alpha value is -1.60. The zero-order chi connectivity index (χ0) is 15.1. The summed E-state index contributed by atoms with van der Waals surface area (Å²) in [5.74, 6) is 0. The minimum Gasteiger partial charge on any atom is -0.298 e. The Bertz CT molecular complexity index is 467. The molecule has 0 spiro atoms. The van der Waals surface area contributed by atoms with Crippen molar-refractivity contribution in [1.82, 2.24) is 4.90 Å². The first-order valence-electron chi connectivity index (χ1n) is 7.88. The summed E-state index contributed by atoms with van der Waals surface area (Å²) in [5, 5.41) is 0. The normalized spacial score (nSPS) is 11.8. The van der Waals surface area contributed by atoms with Gasteiger partial charge in [0.05, 0.1) is 0 Å². The van der Waals surface area contributed by atoms with E-state index in [4.69, 9.17) is 0 Å². The highest BCUT2D eigenvalue weighted by atomic mass is 15.2. The fourth-order valence-electron chi connectivity index (χ4n) is 2.60. The third-order valence-electron chi connectivity index (χ3n) is 3.98. The first-order valence-corrected chi connectivity index (χ1v) is 7.88. The second kappa shape index (κ2) is 7.42. The average Bonchev–Trinajstić information content (AvgIpc) is 2.48. The lowest BCUT2D eigenvalue weighted by atomic mass is 10.0. The lowest BCUT2D eigenvalue weighted by molar-refractivity contribution is 0.140. The van der Waals surface area contributed by atoms with Gasteiger partial charge in [-0.15, -0.1) is 0 Å². The maximum atomic E-state index is 2.59. The molecule has 0 aliphatic heterocycles. The molecule has 0 radical (unpaired) electrons. The van der Waals surface area contributed by atoms with Crippen LogP contribution in [0.5, 0.6) is 0 Å². The lowest BCUT2D eigenvalue weighted by Crippen LogP contribution is -2.43. The van der Waals surface area contributed by atoms with Gasteiger partial charge in [-0.1, -0.05) is 60.7 Å². The standard InChI is InChI=1S/C20H27N/c1-20(2,3)21(16-14-18-10-6-4-7-11-18)17-15-19-12-8-5-9-13-19/h4-13H,14-17H2,1-3H3. The molecule has 0 aromatic heterocycles. The van der Waals surface area contributed by atoms with E-state index in [0.29, 0.717) is 0 Å². The van der Waals surface area contributed by atoms with Crippen molar-refractivity contribution in [3.63, 3.8) is 0 Å². The minimum atomic E-state index is 0.212. The molecule has 0 aliphatic rings. The molecule has 0 N–H and O–H groups in total. The maximum Gasteiger partial charge on any atom is 0.0125 e. The predicted octanol–water partition coefficient (Wildman–Crippen LogP) is 4.57. The summed E-state index contributed by atoms with van der Waals surface area (Å²) in [6.07, 6.45) is 2.24. The molecule has 2 aromatic rings. The van der Waals surface area contributed by atoms with Crippen LogP contribution in [0.1, 0.15) is 31.9 Å². The summed E-state index contributed by atoms with van der Waals surface area (Å²) in [5.41, 5.74) is 3.06. The van der Waals surface area contributed by atoms with Crippen LogP contribution in [0.15, 0.2) is 60.7 Å². The van der Waals surface area contributed by atoms with E-state index in [0.717, 1.165) is 25.9 Å². The van der Waals surface area contributed by atoms with Crippen molar-refractivity contribution in [3.8, 4) is 0 Å². The van der Waals surface area contributed by atoms with Gasteiger partial charge in [-0.05, 0) is 44.7 Å². The van der Waals surface area contributed by atoms with Gasteiger partial charge in [0.1, 0.15) is 0 Å². The highest BCUT2D eigenvalue weighted by molar-refractivity contribution is 5.16. The van der Waals surface area contributed by atoms with Crippen LogP contribution < -0.4 is 0 Å². The Kier molecular flexibility index (Phi) is 5.58. The van der Waals surface area contributed by atoms with Crippen LogP contribution in [0.2, 0.25) is 0 Å². The highest BCUT2D eigenvalue weighted by Crippen LogP contribution is 2.15. The molecule has 0 unspecified atom stereocenters. The SMILES string of the molecule is CC(C)(C)N(CCc1ccccc1)CCc1ccccc1. The summed E-state index contributed by atoms with van der Waals surface area (Å²) < 4.78 is 0. The number of rotatable bonds is 6. The zero-order valence-electron chi connectivity index (χ0n) is 13.5. The van der Waals surface area contributed by atoms with Crippen LogP contribution in [0, 0.1) is 0 Å². The van der Waals surface area contributed by atoms with Gasteiger partial charge in [-0.2, -0.15) is 0 Å². The molecule has 0 bridgehead atoms. The van der Waals surface area contributed by atoms with Gasteiger partial charge in [0, 0.05) is 18.6 Å². The molecule has 2 aromatic carbocycles. The molecule has 0 saturated heterocycles. The third-order valence-corrected chi connectivity index (χ3v) is 3.98. The van der Waals surface area contributed by atoms with Gasteiger partial charge in [-0.25, -0.2) is 0 Å². The second-order valence-electron chi connectivity index (χ2n) is 6.63. The van der Waals surface area contributed by atoms with Gasteiger partial charge in [0.15, 0.2) is 0 Å². The predicted molar refractivity (Wildman–Crippen MR) is 91.6 cm³/mol.